The normalized spacial score (nSPS) is 18.5. The first-order chi connectivity index (χ1) is 15.0. The number of likely N-dealkylation sites (N-methyl/N-ethyl adjacent to an activating group) is 1. The van der Waals surface area contributed by atoms with Gasteiger partial charge in [-0.25, -0.2) is 4.39 Å². The summed E-state index contributed by atoms with van der Waals surface area (Å²) in [6.45, 7) is 1.75. The number of hydrogen-bond acceptors (Lipinski definition) is 7. The number of methoxy groups -OCH3 is 1. The SMILES string of the molecule is COc1nc(N(C)[C@@H]2CCNC2)c2cnc(-c3cc(O)cc(Cl)c3C3CC3)c(F)c2n1. The number of aromatic hydroxyl groups is 1. The standard InChI is InChI=1S/C22H23ClFN5O2/c1-29(12-5-6-25-9-12)21-15-10-26-19(18(24)20(15)27-22(28-21)31-2)14-7-13(30)8-16(23)17(14)11-3-4-11/h7-8,10-12,25,30H,3-6,9H2,1-2H3/t12-/m1/s1. The minimum atomic E-state index is -0.582. The van der Waals surface area contributed by atoms with Crippen LogP contribution in [0.5, 0.6) is 11.8 Å². The molecule has 9 heteroatoms. The van der Waals surface area contributed by atoms with Gasteiger partial charge in [0, 0.05) is 36.4 Å². The van der Waals surface area contributed by atoms with E-state index in [0.717, 1.165) is 37.9 Å². The Morgan fingerprint density at radius 1 is 1.26 bits per heavy atom. The molecule has 2 fully saturated rings. The van der Waals surface area contributed by atoms with E-state index < -0.39 is 5.82 Å². The summed E-state index contributed by atoms with van der Waals surface area (Å²) in [6.07, 6.45) is 4.51. The zero-order valence-electron chi connectivity index (χ0n) is 17.3. The van der Waals surface area contributed by atoms with Gasteiger partial charge in [-0.1, -0.05) is 11.6 Å². The van der Waals surface area contributed by atoms with Gasteiger partial charge in [0.1, 0.15) is 22.8 Å². The molecule has 0 spiro atoms. The van der Waals surface area contributed by atoms with Crippen LogP contribution in [0.1, 0.15) is 30.7 Å². The predicted molar refractivity (Wildman–Crippen MR) is 118 cm³/mol. The number of rotatable bonds is 5. The summed E-state index contributed by atoms with van der Waals surface area (Å²) in [6, 6.07) is 3.34. The van der Waals surface area contributed by atoms with Crippen molar-refractivity contribution in [3.63, 3.8) is 0 Å². The Morgan fingerprint density at radius 3 is 2.74 bits per heavy atom. The third-order valence-electron chi connectivity index (χ3n) is 6.10. The van der Waals surface area contributed by atoms with Crippen LogP contribution in [-0.2, 0) is 0 Å². The van der Waals surface area contributed by atoms with Crippen LogP contribution >= 0.6 is 11.6 Å². The lowest BCUT2D eigenvalue weighted by molar-refractivity contribution is 0.381. The highest BCUT2D eigenvalue weighted by molar-refractivity contribution is 6.32. The van der Waals surface area contributed by atoms with E-state index in [4.69, 9.17) is 16.3 Å². The van der Waals surface area contributed by atoms with Crippen molar-refractivity contribution in [2.75, 3.05) is 32.1 Å². The van der Waals surface area contributed by atoms with Crippen LogP contribution in [-0.4, -0.2) is 53.3 Å². The van der Waals surface area contributed by atoms with Crippen molar-refractivity contribution in [1.29, 1.82) is 0 Å². The van der Waals surface area contributed by atoms with Gasteiger partial charge in [-0.05, 0) is 49.4 Å². The monoisotopic (exact) mass is 443 g/mol. The molecule has 2 aromatic heterocycles. The van der Waals surface area contributed by atoms with Gasteiger partial charge in [0.2, 0.25) is 0 Å². The molecule has 31 heavy (non-hydrogen) atoms. The summed E-state index contributed by atoms with van der Waals surface area (Å²) in [4.78, 5) is 15.3. The van der Waals surface area contributed by atoms with E-state index in [1.807, 2.05) is 11.9 Å². The molecule has 2 N–H and O–H groups in total. The maximum atomic E-state index is 15.9. The molecule has 1 saturated heterocycles. The third kappa shape index (κ3) is 3.53. The van der Waals surface area contributed by atoms with Gasteiger partial charge in [0.05, 0.1) is 12.5 Å². The highest BCUT2D eigenvalue weighted by Gasteiger charge is 2.31. The van der Waals surface area contributed by atoms with Crippen LogP contribution in [0.4, 0.5) is 10.2 Å². The van der Waals surface area contributed by atoms with E-state index in [9.17, 15) is 5.11 Å². The first-order valence-electron chi connectivity index (χ1n) is 10.3. The molecule has 1 aliphatic carbocycles. The highest BCUT2D eigenvalue weighted by Crippen LogP contribution is 2.49. The van der Waals surface area contributed by atoms with Gasteiger partial charge < -0.3 is 20.1 Å². The summed E-state index contributed by atoms with van der Waals surface area (Å²) < 4.78 is 21.1. The molecular weight excluding hydrogens is 421 g/mol. The lowest BCUT2D eigenvalue weighted by atomic mass is 9.98. The number of halogens is 2. The zero-order valence-corrected chi connectivity index (χ0v) is 18.1. The number of phenolic OH excluding ortho intramolecular Hbond substituents is 1. The molecule has 7 nitrogen and oxygen atoms in total. The summed E-state index contributed by atoms with van der Waals surface area (Å²) in [5.41, 5.74) is 1.56. The number of aromatic nitrogens is 3. The number of benzene rings is 1. The molecule has 5 rings (SSSR count). The number of nitrogens with one attached hydrogen (secondary N) is 1. The van der Waals surface area contributed by atoms with Crippen LogP contribution in [0, 0.1) is 5.82 Å². The van der Waals surface area contributed by atoms with E-state index in [-0.39, 0.29) is 34.9 Å². The van der Waals surface area contributed by atoms with Gasteiger partial charge >= 0.3 is 6.01 Å². The number of pyridine rings is 1. The molecule has 162 valence electrons. The third-order valence-corrected chi connectivity index (χ3v) is 6.41. The molecule has 3 aromatic rings. The molecule has 1 atom stereocenters. The second-order valence-corrected chi connectivity index (χ2v) is 8.54. The second kappa shape index (κ2) is 7.76. The summed E-state index contributed by atoms with van der Waals surface area (Å²) in [5.74, 6) is 0.211. The van der Waals surface area contributed by atoms with E-state index in [1.54, 1.807) is 6.20 Å². The molecule has 1 aliphatic heterocycles. The minimum absolute atomic E-state index is 0.0277. The quantitative estimate of drug-likeness (QED) is 0.619. The highest BCUT2D eigenvalue weighted by atomic mass is 35.5. The molecule has 0 radical (unpaired) electrons. The Hall–Kier alpha value is -2.71. The molecule has 2 aliphatic rings. The maximum Gasteiger partial charge on any atom is 0.318 e. The number of hydrogen-bond donors (Lipinski definition) is 2. The van der Waals surface area contributed by atoms with Gasteiger partial charge in [0.25, 0.3) is 0 Å². The average Bonchev–Trinajstić information content (AvgIpc) is 3.43. The van der Waals surface area contributed by atoms with Gasteiger partial charge in [-0.2, -0.15) is 9.97 Å². The first kappa shape index (κ1) is 20.2. The molecule has 0 unspecified atom stereocenters. The second-order valence-electron chi connectivity index (χ2n) is 8.14. The van der Waals surface area contributed by atoms with Crippen molar-refractivity contribution in [2.24, 2.45) is 0 Å². The van der Waals surface area contributed by atoms with E-state index in [0.29, 0.717) is 21.8 Å². The summed E-state index contributed by atoms with van der Waals surface area (Å²) in [7, 11) is 3.40. The van der Waals surface area contributed by atoms with Gasteiger partial charge in [0.15, 0.2) is 5.82 Å². The van der Waals surface area contributed by atoms with Gasteiger partial charge in [-0.3, -0.25) is 4.98 Å². The first-order valence-corrected chi connectivity index (χ1v) is 10.7. The zero-order chi connectivity index (χ0) is 21.7. The number of phenols is 1. The number of anilines is 1. The summed E-state index contributed by atoms with van der Waals surface area (Å²) >= 11 is 6.41. The van der Waals surface area contributed by atoms with E-state index >= 15 is 4.39 Å². The Labute approximate surface area is 184 Å². The van der Waals surface area contributed by atoms with Crippen molar-refractivity contribution in [3.05, 3.63) is 34.7 Å². The fourth-order valence-corrected chi connectivity index (χ4v) is 4.67. The van der Waals surface area contributed by atoms with Crippen molar-refractivity contribution in [2.45, 2.75) is 31.2 Å². The maximum absolute atomic E-state index is 15.9. The average molecular weight is 444 g/mol. The topological polar surface area (TPSA) is 83.4 Å². The molecule has 3 heterocycles. The van der Waals surface area contributed by atoms with Crippen molar-refractivity contribution in [3.8, 4) is 23.0 Å². The van der Waals surface area contributed by atoms with E-state index in [1.165, 1.54) is 19.2 Å². The molecule has 1 aromatic carbocycles. The Morgan fingerprint density at radius 2 is 2.06 bits per heavy atom. The van der Waals surface area contributed by atoms with E-state index in [2.05, 4.69) is 20.3 Å². The Bertz CT molecular complexity index is 1160. The summed E-state index contributed by atoms with van der Waals surface area (Å²) in [5, 5.41) is 14.4. The molecule has 0 amide bonds. The van der Waals surface area contributed by atoms with Crippen LogP contribution in [0.2, 0.25) is 5.02 Å². The Balaban J connectivity index is 1.71. The van der Waals surface area contributed by atoms with Crippen LogP contribution in [0.15, 0.2) is 18.3 Å². The van der Waals surface area contributed by atoms with Crippen LogP contribution < -0.4 is 15.0 Å². The number of ether oxygens (including phenoxy) is 1. The molecule has 0 bridgehead atoms. The Kier molecular flexibility index (Phi) is 5.06. The predicted octanol–water partition coefficient (Wildman–Crippen LogP) is 3.87. The van der Waals surface area contributed by atoms with Crippen molar-refractivity contribution in [1.82, 2.24) is 20.3 Å². The van der Waals surface area contributed by atoms with Crippen LogP contribution in [0.3, 0.4) is 0 Å². The largest absolute Gasteiger partial charge is 0.508 e. The lowest BCUT2D eigenvalue weighted by Gasteiger charge is -2.26. The number of nitrogens with zero attached hydrogens (tertiary/aromatic N) is 4. The number of fused-ring (bicyclic) bond motifs is 1. The van der Waals surface area contributed by atoms with Crippen molar-refractivity contribution < 1.29 is 14.2 Å². The minimum Gasteiger partial charge on any atom is -0.508 e. The van der Waals surface area contributed by atoms with Gasteiger partial charge in [-0.15, -0.1) is 0 Å². The fourth-order valence-electron chi connectivity index (χ4n) is 4.30. The molecular formula is C22H23ClFN5O2. The molecule has 1 saturated carbocycles. The smallest absolute Gasteiger partial charge is 0.318 e. The fraction of sp³-hybridized carbons (Fsp3) is 0.409. The van der Waals surface area contributed by atoms with Crippen LogP contribution in [0.25, 0.3) is 22.2 Å². The lowest BCUT2D eigenvalue weighted by Crippen LogP contribution is -2.34. The van der Waals surface area contributed by atoms with Crippen molar-refractivity contribution >= 4 is 28.3 Å².